The summed E-state index contributed by atoms with van der Waals surface area (Å²) < 4.78 is 62.0. The summed E-state index contributed by atoms with van der Waals surface area (Å²) in [6, 6.07) is 6.07. The van der Waals surface area contributed by atoms with E-state index in [1.54, 1.807) is 4.90 Å². The van der Waals surface area contributed by atoms with Crippen LogP contribution in [0.1, 0.15) is 12.0 Å². The first-order chi connectivity index (χ1) is 12.8. The fourth-order valence-corrected chi connectivity index (χ4v) is 2.90. The van der Waals surface area contributed by atoms with Crippen LogP contribution in [0.25, 0.3) is 0 Å². The second-order valence-electron chi connectivity index (χ2n) is 6.16. The van der Waals surface area contributed by atoms with Gasteiger partial charge in [0.15, 0.2) is 11.5 Å². The third-order valence-corrected chi connectivity index (χ3v) is 4.32. The number of piperidine rings is 1. The molecule has 0 radical (unpaired) electrons. The number of rotatable bonds is 4. The number of β-amino-alcohol motifs (C(OH)–C–C–N with tert-alkyl or cyclic N) is 1. The number of halogens is 4. The lowest BCUT2D eigenvalue weighted by Crippen LogP contribution is -2.49. The standard InChI is InChI=1S/C18H18F4N2O3/c1-26-16-8-12(19)3-4-15(16)27-14-6-7-24(10-13(14)25)17-5-2-11(9-23-17)18(20,21)22/h2-5,8-9,13-14,25H,6-7,10H2,1H3/t13-,14-/m1/s1. The molecule has 1 saturated heterocycles. The number of hydrogen-bond acceptors (Lipinski definition) is 5. The van der Waals surface area contributed by atoms with Crippen LogP contribution in [0, 0.1) is 5.82 Å². The minimum Gasteiger partial charge on any atom is -0.493 e. The predicted octanol–water partition coefficient (Wildman–Crippen LogP) is 3.27. The van der Waals surface area contributed by atoms with Crippen LogP contribution in [0.3, 0.4) is 0 Å². The fraction of sp³-hybridized carbons (Fsp3) is 0.389. The van der Waals surface area contributed by atoms with E-state index in [1.807, 2.05) is 0 Å². The van der Waals surface area contributed by atoms with Gasteiger partial charge in [-0.2, -0.15) is 13.2 Å². The molecule has 1 aromatic heterocycles. The molecule has 146 valence electrons. The van der Waals surface area contributed by atoms with E-state index in [4.69, 9.17) is 9.47 Å². The molecule has 0 amide bonds. The Kier molecular flexibility index (Phi) is 5.41. The van der Waals surface area contributed by atoms with Gasteiger partial charge in [0.25, 0.3) is 0 Å². The van der Waals surface area contributed by atoms with Gasteiger partial charge in [-0.1, -0.05) is 0 Å². The van der Waals surface area contributed by atoms with E-state index in [-0.39, 0.29) is 12.3 Å². The maximum Gasteiger partial charge on any atom is 0.417 e. The lowest BCUT2D eigenvalue weighted by atomic mass is 10.0. The minimum absolute atomic E-state index is 0.145. The summed E-state index contributed by atoms with van der Waals surface area (Å²) in [4.78, 5) is 5.53. The molecule has 3 rings (SSSR count). The lowest BCUT2D eigenvalue weighted by molar-refractivity contribution is -0.137. The van der Waals surface area contributed by atoms with E-state index in [9.17, 15) is 22.7 Å². The second kappa shape index (κ2) is 7.59. The van der Waals surface area contributed by atoms with Crippen molar-refractivity contribution < 1.29 is 32.1 Å². The van der Waals surface area contributed by atoms with Gasteiger partial charge >= 0.3 is 6.18 Å². The predicted molar refractivity (Wildman–Crippen MR) is 89.4 cm³/mol. The van der Waals surface area contributed by atoms with Crippen molar-refractivity contribution >= 4 is 5.82 Å². The number of methoxy groups -OCH3 is 1. The Hall–Kier alpha value is -2.55. The largest absolute Gasteiger partial charge is 0.493 e. The number of hydrogen-bond donors (Lipinski definition) is 1. The van der Waals surface area contributed by atoms with Crippen LogP contribution >= 0.6 is 0 Å². The highest BCUT2D eigenvalue weighted by atomic mass is 19.4. The van der Waals surface area contributed by atoms with Crippen molar-refractivity contribution in [3.63, 3.8) is 0 Å². The topological polar surface area (TPSA) is 54.8 Å². The summed E-state index contributed by atoms with van der Waals surface area (Å²) in [5.41, 5.74) is -0.826. The van der Waals surface area contributed by atoms with E-state index in [0.717, 1.165) is 12.3 Å². The Morgan fingerprint density at radius 3 is 2.56 bits per heavy atom. The Morgan fingerprint density at radius 2 is 1.96 bits per heavy atom. The third kappa shape index (κ3) is 4.41. The number of pyridine rings is 1. The summed E-state index contributed by atoms with van der Waals surface area (Å²) in [6.07, 6.45) is -4.73. The molecule has 0 aliphatic carbocycles. The van der Waals surface area contributed by atoms with Gasteiger partial charge in [-0.05, 0) is 24.3 Å². The molecule has 0 saturated carbocycles. The Morgan fingerprint density at radius 1 is 1.19 bits per heavy atom. The van der Waals surface area contributed by atoms with Gasteiger partial charge in [0, 0.05) is 31.8 Å². The monoisotopic (exact) mass is 386 g/mol. The zero-order chi connectivity index (χ0) is 19.6. The zero-order valence-electron chi connectivity index (χ0n) is 14.4. The first-order valence-corrected chi connectivity index (χ1v) is 8.24. The number of benzene rings is 1. The molecular weight excluding hydrogens is 368 g/mol. The average Bonchev–Trinajstić information content (AvgIpc) is 2.64. The normalized spacial score (nSPS) is 20.4. The SMILES string of the molecule is COc1cc(F)ccc1O[C@@H]1CCN(c2ccc(C(F)(F)F)cn2)C[C@H]1O. The zero-order valence-corrected chi connectivity index (χ0v) is 14.4. The highest BCUT2D eigenvalue weighted by Crippen LogP contribution is 2.32. The van der Waals surface area contributed by atoms with Crippen LogP contribution in [-0.2, 0) is 6.18 Å². The van der Waals surface area contributed by atoms with E-state index >= 15 is 0 Å². The van der Waals surface area contributed by atoms with Gasteiger partial charge in [-0.25, -0.2) is 9.37 Å². The van der Waals surface area contributed by atoms with Crippen LogP contribution in [0.4, 0.5) is 23.4 Å². The number of alkyl halides is 3. The summed E-state index contributed by atoms with van der Waals surface area (Å²) in [6.45, 7) is 0.580. The van der Waals surface area contributed by atoms with E-state index in [1.165, 1.54) is 31.4 Å². The van der Waals surface area contributed by atoms with Gasteiger partial charge < -0.3 is 19.5 Å². The molecule has 1 fully saturated rings. The molecule has 0 spiro atoms. The third-order valence-electron chi connectivity index (χ3n) is 4.32. The molecule has 1 aliphatic rings. The molecule has 1 aliphatic heterocycles. The first kappa shape index (κ1) is 19.2. The van der Waals surface area contributed by atoms with Gasteiger partial charge in [-0.3, -0.25) is 0 Å². The molecule has 1 N–H and O–H groups in total. The average molecular weight is 386 g/mol. The Labute approximate surface area is 153 Å². The number of anilines is 1. The van der Waals surface area contributed by atoms with Gasteiger partial charge in [0.1, 0.15) is 23.8 Å². The molecule has 1 aromatic carbocycles. The van der Waals surface area contributed by atoms with E-state index in [2.05, 4.69) is 4.98 Å². The molecule has 2 aromatic rings. The summed E-state index contributed by atoms with van der Waals surface area (Å²) in [5.74, 6) is 0.404. The highest BCUT2D eigenvalue weighted by Gasteiger charge is 2.33. The van der Waals surface area contributed by atoms with Crippen molar-refractivity contribution in [3.05, 3.63) is 47.9 Å². The van der Waals surface area contributed by atoms with E-state index < -0.39 is 29.8 Å². The van der Waals surface area contributed by atoms with Crippen molar-refractivity contribution in [3.8, 4) is 11.5 Å². The second-order valence-corrected chi connectivity index (χ2v) is 6.16. The number of aliphatic hydroxyl groups is 1. The number of ether oxygens (including phenoxy) is 2. The molecule has 27 heavy (non-hydrogen) atoms. The van der Waals surface area contributed by atoms with Crippen LogP contribution in [0.2, 0.25) is 0 Å². The van der Waals surface area contributed by atoms with Gasteiger partial charge in [-0.15, -0.1) is 0 Å². The minimum atomic E-state index is -4.44. The van der Waals surface area contributed by atoms with Crippen molar-refractivity contribution in [1.29, 1.82) is 0 Å². The van der Waals surface area contributed by atoms with Crippen molar-refractivity contribution in [2.45, 2.75) is 24.8 Å². The van der Waals surface area contributed by atoms with Gasteiger partial charge in [0.05, 0.1) is 12.7 Å². The summed E-state index contributed by atoms with van der Waals surface area (Å²) in [5, 5.41) is 10.4. The lowest BCUT2D eigenvalue weighted by Gasteiger charge is -2.36. The fourth-order valence-electron chi connectivity index (χ4n) is 2.90. The smallest absolute Gasteiger partial charge is 0.417 e. The maximum atomic E-state index is 13.3. The Bertz CT molecular complexity index is 783. The summed E-state index contributed by atoms with van der Waals surface area (Å²) in [7, 11) is 1.39. The number of aromatic nitrogens is 1. The van der Waals surface area contributed by atoms with Crippen molar-refractivity contribution in [1.82, 2.24) is 4.98 Å². The van der Waals surface area contributed by atoms with E-state index in [0.29, 0.717) is 24.5 Å². The molecular formula is C18H18F4N2O3. The molecule has 5 nitrogen and oxygen atoms in total. The van der Waals surface area contributed by atoms with Crippen molar-refractivity contribution in [2.24, 2.45) is 0 Å². The molecule has 2 heterocycles. The summed E-state index contributed by atoms with van der Waals surface area (Å²) >= 11 is 0. The maximum absolute atomic E-state index is 13.3. The molecule has 2 atom stereocenters. The van der Waals surface area contributed by atoms with Crippen molar-refractivity contribution in [2.75, 3.05) is 25.1 Å². The number of aliphatic hydroxyl groups excluding tert-OH is 1. The molecule has 0 unspecified atom stereocenters. The Balaban J connectivity index is 1.66. The first-order valence-electron chi connectivity index (χ1n) is 8.24. The number of nitrogens with zero attached hydrogens (tertiary/aromatic N) is 2. The van der Waals surface area contributed by atoms with Crippen LogP contribution in [0.15, 0.2) is 36.5 Å². The molecule has 9 heteroatoms. The molecule has 0 bridgehead atoms. The van der Waals surface area contributed by atoms with Crippen LogP contribution in [-0.4, -0.2) is 42.5 Å². The van der Waals surface area contributed by atoms with Gasteiger partial charge in [0.2, 0.25) is 0 Å². The highest BCUT2D eigenvalue weighted by molar-refractivity contribution is 5.42. The quantitative estimate of drug-likeness (QED) is 0.818. The van der Waals surface area contributed by atoms with Crippen LogP contribution < -0.4 is 14.4 Å². The van der Waals surface area contributed by atoms with Crippen LogP contribution in [0.5, 0.6) is 11.5 Å².